The van der Waals surface area contributed by atoms with Crippen LogP contribution in [0, 0.1) is 0 Å². The van der Waals surface area contributed by atoms with Gasteiger partial charge in [0.05, 0.1) is 0 Å². The minimum Gasteiger partial charge on any atom is -0.479 e. The van der Waals surface area contributed by atoms with E-state index >= 15 is 0 Å². The number of aliphatic hydroxyl groups is 1. The SMILES string of the molecule is CNC(CCCCNC(=O)OC(C)(C)C)C(O)C(=O)O. The van der Waals surface area contributed by atoms with E-state index in [1.165, 1.54) is 0 Å². The van der Waals surface area contributed by atoms with Crippen molar-refractivity contribution in [3.05, 3.63) is 0 Å². The van der Waals surface area contributed by atoms with Crippen LogP contribution in [0.15, 0.2) is 0 Å². The van der Waals surface area contributed by atoms with Gasteiger partial charge in [-0.05, 0) is 40.7 Å². The van der Waals surface area contributed by atoms with Crippen molar-refractivity contribution in [2.75, 3.05) is 13.6 Å². The molecular formula is C13H26N2O5. The van der Waals surface area contributed by atoms with Crippen LogP contribution >= 0.6 is 0 Å². The summed E-state index contributed by atoms with van der Waals surface area (Å²) in [5.74, 6) is -1.24. The zero-order valence-electron chi connectivity index (χ0n) is 12.6. The van der Waals surface area contributed by atoms with Crippen LogP contribution in [0.2, 0.25) is 0 Å². The maximum Gasteiger partial charge on any atom is 0.407 e. The Kier molecular flexibility index (Phi) is 8.17. The molecule has 7 nitrogen and oxygen atoms in total. The lowest BCUT2D eigenvalue weighted by Crippen LogP contribution is -2.42. The molecular weight excluding hydrogens is 264 g/mol. The summed E-state index contributed by atoms with van der Waals surface area (Å²) in [7, 11) is 1.61. The fourth-order valence-electron chi connectivity index (χ4n) is 1.63. The summed E-state index contributed by atoms with van der Waals surface area (Å²) in [5, 5.41) is 23.5. The molecule has 0 rings (SSSR count). The number of likely N-dealkylation sites (N-methyl/N-ethyl adjacent to an activating group) is 1. The average molecular weight is 290 g/mol. The van der Waals surface area contributed by atoms with Gasteiger partial charge in [-0.2, -0.15) is 0 Å². The number of hydrogen-bond acceptors (Lipinski definition) is 5. The first-order valence-corrected chi connectivity index (χ1v) is 6.72. The first-order chi connectivity index (χ1) is 9.17. The van der Waals surface area contributed by atoms with Gasteiger partial charge in [0.25, 0.3) is 0 Å². The normalized spacial score (nSPS) is 14.4. The predicted molar refractivity (Wildman–Crippen MR) is 74.6 cm³/mol. The third kappa shape index (κ3) is 8.71. The molecule has 20 heavy (non-hydrogen) atoms. The summed E-state index contributed by atoms with van der Waals surface area (Å²) in [4.78, 5) is 22.0. The smallest absolute Gasteiger partial charge is 0.407 e. The molecule has 0 radical (unpaired) electrons. The van der Waals surface area contributed by atoms with Crippen LogP contribution in [-0.2, 0) is 9.53 Å². The van der Waals surface area contributed by atoms with Crippen molar-refractivity contribution in [2.24, 2.45) is 0 Å². The standard InChI is InChI=1S/C13H26N2O5/c1-13(2,3)20-12(19)15-8-6-5-7-9(14-4)10(16)11(17)18/h9-10,14,16H,5-8H2,1-4H3,(H,15,19)(H,17,18). The fraction of sp³-hybridized carbons (Fsp3) is 0.846. The van der Waals surface area contributed by atoms with E-state index in [-0.39, 0.29) is 0 Å². The van der Waals surface area contributed by atoms with Crippen molar-refractivity contribution < 1.29 is 24.5 Å². The molecule has 1 amide bonds. The Labute approximate surface area is 119 Å². The van der Waals surface area contributed by atoms with Crippen LogP contribution in [0.3, 0.4) is 0 Å². The number of alkyl carbamates (subject to hydrolysis) is 1. The number of carbonyl (C=O) groups excluding carboxylic acids is 1. The molecule has 0 aliphatic rings. The van der Waals surface area contributed by atoms with Crippen LogP contribution in [0.25, 0.3) is 0 Å². The molecule has 0 saturated carbocycles. The summed E-state index contributed by atoms with van der Waals surface area (Å²) in [6, 6.07) is -0.492. The molecule has 0 heterocycles. The summed E-state index contributed by atoms with van der Waals surface area (Å²) in [6.07, 6.45) is 0.00194. The lowest BCUT2D eigenvalue weighted by molar-refractivity contribution is -0.148. The summed E-state index contributed by atoms with van der Waals surface area (Å²) < 4.78 is 5.08. The number of carboxylic acid groups (broad SMARTS) is 1. The Morgan fingerprint density at radius 3 is 2.30 bits per heavy atom. The molecule has 0 aromatic carbocycles. The third-order valence-corrected chi connectivity index (χ3v) is 2.62. The Morgan fingerprint density at radius 2 is 1.85 bits per heavy atom. The van der Waals surface area contributed by atoms with E-state index in [2.05, 4.69) is 10.6 Å². The first-order valence-electron chi connectivity index (χ1n) is 6.72. The Morgan fingerprint density at radius 1 is 1.25 bits per heavy atom. The number of aliphatic carboxylic acids is 1. The number of carboxylic acids is 1. The molecule has 118 valence electrons. The number of ether oxygens (including phenoxy) is 1. The second kappa shape index (κ2) is 8.76. The number of aliphatic hydroxyl groups excluding tert-OH is 1. The van der Waals surface area contributed by atoms with Gasteiger partial charge < -0.3 is 25.6 Å². The number of unbranched alkanes of at least 4 members (excludes halogenated alkanes) is 1. The highest BCUT2D eigenvalue weighted by Gasteiger charge is 2.23. The molecule has 0 aromatic rings. The number of hydrogen-bond donors (Lipinski definition) is 4. The largest absolute Gasteiger partial charge is 0.479 e. The highest BCUT2D eigenvalue weighted by molar-refractivity contribution is 5.72. The average Bonchev–Trinajstić information content (AvgIpc) is 2.30. The van der Waals surface area contributed by atoms with Gasteiger partial charge in [0.1, 0.15) is 5.60 Å². The minimum atomic E-state index is -1.42. The third-order valence-electron chi connectivity index (χ3n) is 2.62. The molecule has 0 spiro atoms. The van der Waals surface area contributed by atoms with Gasteiger partial charge in [-0.15, -0.1) is 0 Å². The van der Waals surface area contributed by atoms with Gasteiger partial charge in [-0.3, -0.25) is 0 Å². The zero-order chi connectivity index (χ0) is 15.8. The first kappa shape index (κ1) is 18.7. The van der Waals surface area contributed by atoms with Gasteiger partial charge in [0.2, 0.25) is 0 Å². The van der Waals surface area contributed by atoms with Crippen molar-refractivity contribution in [1.29, 1.82) is 0 Å². The number of carbonyl (C=O) groups is 2. The maximum absolute atomic E-state index is 11.3. The lowest BCUT2D eigenvalue weighted by Gasteiger charge is -2.20. The van der Waals surface area contributed by atoms with E-state index in [0.717, 1.165) is 0 Å². The number of rotatable bonds is 8. The van der Waals surface area contributed by atoms with E-state index < -0.39 is 29.8 Å². The van der Waals surface area contributed by atoms with Crippen LogP contribution in [0.5, 0.6) is 0 Å². The molecule has 0 aromatic heterocycles. The predicted octanol–water partition coefficient (Wildman–Crippen LogP) is 0.715. The molecule has 7 heteroatoms. The maximum atomic E-state index is 11.3. The van der Waals surface area contributed by atoms with Crippen LogP contribution in [-0.4, -0.2) is 53.6 Å². The Bertz CT molecular complexity index is 314. The molecule has 0 saturated heterocycles. The van der Waals surface area contributed by atoms with Crippen molar-refractivity contribution in [3.63, 3.8) is 0 Å². The van der Waals surface area contributed by atoms with E-state index in [4.69, 9.17) is 9.84 Å². The van der Waals surface area contributed by atoms with Crippen LogP contribution < -0.4 is 10.6 Å². The highest BCUT2D eigenvalue weighted by Crippen LogP contribution is 2.07. The topological polar surface area (TPSA) is 108 Å². The summed E-state index contributed by atoms with van der Waals surface area (Å²) in [6.45, 7) is 5.82. The van der Waals surface area contributed by atoms with Crippen LogP contribution in [0.4, 0.5) is 4.79 Å². The van der Waals surface area contributed by atoms with E-state index in [9.17, 15) is 14.7 Å². The molecule has 2 unspecified atom stereocenters. The van der Waals surface area contributed by atoms with Crippen molar-refractivity contribution >= 4 is 12.1 Å². The quantitative estimate of drug-likeness (QED) is 0.490. The molecule has 0 bridgehead atoms. The fourth-order valence-corrected chi connectivity index (χ4v) is 1.63. The second-order valence-electron chi connectivity index (χ2n) is 5.60. The summed E-state index contributed by atoms with van der Waals surface area (Å²) >= 11 is 0. The summed E-state index contributed by atoms with van der Waals surface area (Å²) in [5.41, 5.74) is -0.521. The van der Waals surface area contributed by atoms with Gasteiger partial charge in [0, 0.05) is 12.6 Å². The molecule has 0 fully saturated rings. The monoisotopic (exact) mass is 290 g/mol. The van der Waals surface area contributed by atoms with Crippen molar-refractivity contribution in [3.8, 4) is 0 Å². The van der Waals surface area contributed by atoms with Gasteiger partial charge in [0.15, 0.2) is 6.10 Å². The minimum absolute atomic E-state index is 0.453. The van der Waals surface area contributed by atoms with Gasteiger partial charge >= 0.3 is 12.1 Å². The Balaban J connectivity index is 3.80. The molecule has 0 aliphatic heterocycles. The van der Waals surface area contributed by atoms with Gasteiger partial charge in [-0.1, -0.05) is 6.42 Å². The number of amides is 1. The van der Waals surface area contributed by atoms with E-state index in [1.807, 2.05) is 0 Å². The van der Waals surface area contributed by atoms with Crippen LogP contribution in [0.1, 0.15) is 40.0 Å². The van der Waals surface area contributed by atoms with Gasteiger partial charge in [-0.25, -0.2) is 9.59 Å². The van der Waals surface area contributed by atoms with Crippen molar-refractivity contribution in [1.82, 2.24) is 10.6 Å². The highest BCUT2D eigenvalue weighted by atomic mass is 16.6. The molecule has 2 atom stereocenters. The van der Waals surface area contributed by atoms with Crippen molar-refractivity contribution in [2.45, 2.75) is 57.8 Å². The zero-order valence-corrected chi connectivity index (χ0v) is 12.6. The lowest BCUT2D eigenvalue weighted by atomic mass is 10.0. The Hall–Kier alpha value is -1.34. The second-order valence-corrected chi connectivity index (χ2v) is 5.60. The number of nitrogens with one attached hydrogen (secondary N) is 2. The molecule has 4 N–H and O–H groups in total. The van der Waals surface area contributed by atoms with E-state index in [0.29, 0.717) is 25.8 Å². The molecule has 0 aliphatic carbocycles. The van der Waals surface area contributed by atoms with E-state index in [1.54, 1.807) is 27.8 Å².